The van der Waals surface area contributed by atoms with Crippen LogP contribution in [0.15, 0.2) is 65.7 Å². The Balaban J connectivity index is 1.35. The molecule has 12 heteroatoms. The van der Waals surface area contributed by atoms with Gasteiger partial charge in [0.05, 0.1) is 16.8 Å². The highest BCUT2D eigenvalue weighted by atomic mass is 35.5. The van der Waals surface area contributed by atoms with Gasteiger partial charge in [-0.15, -0.1) is 0 Å². The topological polar surface area (TPSA) is 94.6 Å². The summed E-state index contributed by atoms with van der Waals surface area (Å²) in [6.45, 7) is 1.74. The number of pyridine rings is 1. The number of hydrogen-bond donors (Lipinski definition) is 2. The number of sulfonamides is 1. The zero-order valence-corrected chi connectivity index (χ0v) is 20.0. The maximum atomic E-state index is 13.3. The van der Waals surface area contributed by atoms with E-state index >= 15 is 0 Å². The highest BCUT2D eigenvalue weighted by Crippen LogP contribution is 2.22. The largest absolute Gasteiger partial charge is 0.355 e. The van der Waals surface area contributed by atoms with Crippen LogP contribution in [0.5, 0.6) is 0 Å². The number of hydrogen-bond acceptors (Lipinski definition) is 5. The zero-order valence-electron chi connectivity index (χ0n) is 18.4. The van der Waals surface area contributed by atoms with Crippen molar-refractivity contribution in [2.45, 2.75) is 11.3 Å². The van der Waals surface area contributed by atoms with Gasteiger partial charge in [-0.05, 0) is 55.0 Å². The van der Waals surface area contributed by atoms with Gasteiger partial charge < -0.3 is 15.5 Å². The number of benzene rings is 2. The van der Waals surface area contributed by atoms with Crippen molar-refractivity contribution in [1.29, 1.82) is 0 Å². The van der Waals surface area contributed by atoms with Crippen molar-refractivity contribution < 1.29 is 22.0 Å². The molecule has 2 heterocycles. The van der Waals surface area contributed by atoms with Crippen molar-refractivity contribution in [3.05, 3.63) is 77.5 Å². The number of aromatic nitrogens is 1. The predicted octanol–water partition coefficient (Wildman–Crippen LogP) is 4.56. The molecule has 8 nitrogen and oxygen atoms in total. The van der Waals surface area contributed by atoms with E-state index in [0.717, 1.165) is 12.1 Å². The molecular formula is C23H22ClF2N5O3S. The van der Waals surface area contributed by atoms with Gasteiger partial charge in [-0.3, -0.25) is 0 Å². The molecule has 2 aromatic carbocycles. The van der Waals surface area contributed by atoms with Gasteiger partial charge in [0.25, 0.3) is 0 Å². The van der Waals surface area contributed by atoms with Crippen molar-refractivity contribution in [2.24, 2.45) is 0 Å². The van der Waals surface area contributed by atoms with Gasteiger partial charge in [0, 0.05) is 43.0 Å². The molecule has 1 fully saturated rings. The standard InChI is InChI=1S/C23H22ClF2N5O3S/c24-16-2-6-19(7-3-16)35(33,34)31-11-1-10-30(12-13-31)22-9-5-18(15-27-22)29-23(32)28-17-4-8-20(25)21(26)14-17/h2-9,14-15H,1,10-13H2,(H2,28,29,32). The van der Waals surface area contributed by atoms with Crippen LogP contribution in [-0.2, 0) is 10.0 Å². The Morgan fingerprint density at radius 1 is 0.886 bits per heavy atom. The molecule has 0 saturated carbocycles. The maximum Gasteiger partial charge on any atom is 0.323 e. The third kappa shape index (κ3) is 6.05. The first-order chi connectivity index (χ1) is 16.7. The number of urea groups is 1. The van der Waals surface area contributed by atoms with Crippen molar-refractivity contribution in [2.75, 3.05) is 41.7 Å². The van der Waals surface area contributed by atoms with Crippen LogP contribution in [0.3, 0.4) is 0 Å². The Bertz CT molecular complexity index is 1310. The number of anilines is 3. The fourth-order valence-electron chi connectivity index (χ4n) is 3.63. The molecule has 0 atom stereocenters. The Kier molecular flexibility index (Phi) is 7.48. The highest BCUT2D eigenvalue weighted by molar-refractivity contribution is 7.89. The summed E-state index contributed by atoms with van der Waals surface area (Å²) in [5.41, 5.74) is 0.504. The lowest BCUT2D eigenvalue weighted by molar-refractivity contribution is 0.262. The van der Waals surface area contributed by atoms with Crippen LogP contribution in [0.1, 0.15) is 6.42 Å². The monoisotopic (exact) mass is 521 g/mol. The summed E-state index contributed by atoms with van der Waals surface area (Å²) in [4.78, 5) is 18.7. The molecule has 0 aliphatic carbocycles. The summed E-state index contributed by atoms with van der Waals surface area (Å²) in [5.74, 6) is -1.43. The van der Waals surface area contributed by atoms with Crippen molar-refractivity contribution in [3.8, 4) is 0 Å². The number of carbonyl (C=O) groups excluding carboxylic acids is 1. The molecule has 2 amide bonds. The van der Waals surface area contributed by atoms with Crippen LogP contribution in [0.2, 0.25) is 5.02 Å². The van der Waals surface area contributed by atoms with Crippen molar-refractivity contribution in [1.82, 2.24) is 9.29 Å². The summed E-state index contributed by atoms with van der Waals surface area (Å²) in [7, 11) is -3.63. The lowest BCUT2D eigenvalue weighted by Crippen LogP contribution is -2.35. The van der Waals surface area contributed by atoms with E-state index in [1.165, 1.54) is 28.7 Å². The number of halogens is 3. The molecule has 3 aromatic rings. The van der Waals surface area contributed by atoms with Gasteiger partial charge in [0.2, 0.25) is 10.0 Å². The van der Waals surface area contributed by atoms with Gasteiger partial charge in [0.1, 0.15) is 5.82 Å². The Hall–Kier alpha value is -3.28. The molecule has 0 spiro atoms. The van der Waals surface area contributed by atoms with Gasteiger partial charge in [-0.25, -0.2) is 27.0 Å². The van der Waals surface area contributed by atoms with Gasteiger partial charge in [-0.1, -0.05) is 11.6 Å². The van der Waals surface area contributed by atoms with Crippen LogP contribution >= 0.6 is 11.6 Å². The first-order valence-corrected chi connectivity index (χ1v) is 12.5. The van der Waals surface area contributed by atoms with Crippen LogP contribution < -0.4 is 15.5 Å². The average molecular weight is 522 g/mol. The first kappa shape index (κ1) is 24.8. The molecule has 1 aliphatic heterocycles. The highest BCUT2D eigenvalue weighted by Gasteiger charge is 2.27. The number of carbonyl (C=O) groups is 1. The molecular weight excluding hydrogens is 500 g/mol. The second kappa shape index (κ2) is 10.5. The van der Waals surface area contributed by atoms with Crippen LogP contribution in [0.4, 0.5) is 30.8 Å². The number of nitrogens with zero attached hydrogens (tertiary/aromatic N) is 3. The van der Waals surface area contributed by atoms with E-state index in [1.807, 2.05) is 4.90 Å². The van der Waals surface area contributed by atoms with E-state index in [0.29, 0.717) is 49.1 Å². The minimum atomic E-state index is -3.63. The van der Waals surface area contributed by atoms with Gasteiger partial charge in [0.15, 0.2) is 11.6 Å². The quantitative estimate of drug-likeness (QED) is 0.513. The molecule has 1 aliphatic rings. The molecule has 0 bridgehead atoms. The summed E-state index contributed by atoms with van der Waals surface area (Å²) >= 11 is 5.87. The average Bonchev–Trinajstić information content (AvgIpc) is 3.09. The van der Waals surface area contributed by atoms with Gasteiger partial charge in [-0.2, -0.15) is 4.31 Å². The molecule has 4 rings (SSSR count). The minimum Gasteiger partial charge on any atom is -0.355 e. The van der Waals surface area contributed by atoms with Crippen LogP contribution in [0, 0.1) is 11.6 Å². The molecule has 2 N–H and O–H groups in total. The molecule has 0 unspecified atom stereocenters. The molecule has 184 valence electrons. The maximum absolute atomic E-state index is 13.3. The minimum absolute atomic E-state index is 0.105. The van der Waals surface area contributed by atoms with Crippen molar-refractivity contribution >= 4 is 44.8 Å². The third-order valence-electron chi connectivity index (χ3n) is 5.41. The van der Waals surface area contributed by atoms with Crippen molar-refractivity contribution in [3.63, 3.8) is 0 Å². The van der Waals surface area contributed by atoms with E-state index in [-0.39, 0.29) is 10.6 Å². The second-order valence-corrected chi connectivity index (χ2v) is 10.2. The summed E-state index contributed by atoms with van der Waals surface area (Å²) in [5, 5.41) is 5.46. The Morgan fingerprint density at radius 2 is 1.60 bits per heavy atom. The van der Waals surface area contributed by atoms with E-state index < -0.39 is 27.7 Å². The van der Waals surface area contributed by atoms with Crippen LogP contribution in [0.25, 0.3) is 0 Å². The lowest BCUT2D eigenvalue weighted by Gasteiger charge is -2.23. The van der Waals surface area contributed by atoms with E-state index in [9.17, 15) is 22.0 Å². The summed E-state index contributed by atoms with van der Waals surface area (Å²) < 4.78 is 53.7. The van der Waals surface area contributed by atoms with Crippen LogP contribution in [-0.4, -0.2) is 49.9 Å². The molecule has 1 saturated heterocycles. The molecule has 0 radical (unpaired) electrons. The number of nitrogens with one attached hydrogen (secondary N) is 2. The fourth-order valence-corrected chi connectivity index (χ4v) is 5.23. The number of amides is 2. The van der Waals surface area contributed by atoms with E-state index in [4.69, 9.17) is 11.6 Å². The van der Waals surface area contributed by atoms with E-state index in [2.05, 4.69) is 15.6 Å². The number of rotatable bonds is 5. The zero-order chi connectivity index (χ0) is 25.0. The molecule has 1 aromatic heterocycles. The van der Waals surface area contributed by atoms with Gasteiger partial charge >= 0.3 is 6.03 Å². The predicted molar refractivity (Wildman–Crippen MR) is 130 cm³/mol. The second-order valence-electron chi connectivity index (χ2n) is 7.81. The molecule has 35 heavy (non-hydrogen) atoms. The summed E-state index contributed by atoms with van der Waals surface area (Å²) in [6, 6.07) is 11.9. The first-order valence-electron chi connectivity index (χ1n) is 10.7. The smallest absolute Gasteiger partial charge is 0.323 e. The fraction of sp³-hybridized carbons (Fsp3) is 0.217. The normalized spacial score (nSPS) is 14.9. The lowest BCUT2D eigenvalue weighted by atomic mass is 10.3. The Labute approximate surface area is 206 Å². The Morgan fingerprint density at radius 3 is 2.29 bits per heavy atom. The summed E-state index contributed by atoms with van der Waals surface area (Å²) in [6.07, 6.45) is 2.08. The third-order valence-corrected chi connectivity index (χ3v) is 7.58. The SMILES string of the molecule is O=C(Nc1ccc(N2CCCN(S(=O)(=O)c3ccc(Cl)cc3)CC2)nc1)Nc1ccc(F)c(F)c1. The van der Waals surface area contributed by atoms with E-state index in [1.54, 1.807) is 24.3 Å².